The minimum absolute atomic E-state index is 0.114. The molecule has 1 saturated heterocycles. The highest BCUT2D eigenvalue weighted by atomic mass is 31.2. The summed E-state index contributed by atoms with van der Waals surface area (Å²) in [6.07, 6.45) is 0.295. The fraction of sp³-hybridized carbons (Fsp3) is 1.00. The molecule has 4 atom stereocenters. The first-order valence-electron chi connectivity index (χ1n) is 6.55. The van der Waals surface area contributed by atoms with E-state index in [2.05, 4.69) is 0 Å². The minimum Gasteiger partial charge on any atom is -0.382 e. The molecule has 0 spiro atoms. The lowest BCUT2D eigenvalue weighted by Gasteiger charge is -2.44. The number of aliphatic hydroxyl groups excluding tert-OH is 4. The van der Waals surface area contributed by atoms with Gasteiger partial charge in [0.25, 0.3) is 0 Å². The lowest BCUT2D eigenvalue weighted by atomic mass is 10.5. The molecule has 1 fully saturated rings. The largest absolute Gasteiger partial charge is 0.382 e. The molecule has 0 saturated carbocycles. The first-order valence-corrected chi connectivity index (χ1v) is 10.6. The van der Waals surface area contributed by atoms with Crippen LogP contribution in [0.5, 0.6) is 0 Å². The quantitative estimate of drug-likeness (QED) is 0.327. The molecule has 0 aromatic heterocycles. The van der Waals surface area contributed by atoms with Crippen molar-refractivity contribution in [2.75, 3.05) is 25.4 Å². The van der Waals surface area contributed by atoms with Gasteiger partial charge in [-0.25, -0.2) is 0 Å². The Bertz CT molecular complexity index is 359. The fourth-order valence-corrected chi connectivity index (χ4v) is 9.97. The van der Waals surface area contributed by atoms with Gasteiger partial charge in [-0.3, -0.25) is 0 Å². The number of aliphatic hydroxyl groups is 4. The van der Waals surface area contributed by atoms with E-state index in [0.717, 1.165) is 0 Å². The van der Waals surface area contributed by atoms with Crippen LogP contribution in [-0.4, -0.2) is 69.2 Å². The normalized spacial score (nSPS) is 45.5. The minimum atomic E-state index is -3.71. The van der Waals surface area contributed by atoms with Crippen LogP contribution < -0.4 is 11.5 Å². The predicted molar refractivity (Wildman–Crippen MR) is 76.3 cm³/mol. The Labute approximate surface area is 117 Å². The van der Waals surface area contributed by atoms with Gasteiger partial charge in [0, 0.05) is 12.3 Å². The summed E-state index contributed by atoms with van der Waals surface area (Å²) >= 11 is 0. The highest BCUT2D eigenvalue weighted by Gasteiger charge is 2.60. The molecule has 8 N–H and O–H groups in total. The highest BCUT2D eigenvalue weighted by molar-refractivity contribution is 7.72. The highest BCUT2D eigenvalue weighted by Crippen LogP contribution is 2.72. The molecule has 10 heteroatoms. The molecule has 0 aliphatic carbocycles. The van der Waals surface area contributed by atoms with Gasteiger partial charge in [-0.05, 0) is 25.9 Å². The van der Waals surface area contributed by atoms with Crippen LogP contribution >= 0.6 is 14.3 Å². The third-order valence-electron chi connectivity index (χ3n) is 3.75. The Kier molecular flexibility index (Phi) is 6.38. The second kappa shape index (κ2) is 6.99. The second-order valence-corrected chi connectivity index (χ2v) is 11.5. The number of hydrogen-bond acceptors (Lipinski definition) is 8. The Morgan fingerprint density at radius 2 is 0.950 bits per heavy atom. The van der Waals surface area contributed by atoms with Gasteiger partial charge in [0.1, 0.15) is 37.7 Å². The van der Waals surface area contributed by atoms with Gasteiger partial charge in [-0.15, -0.1) is 0 Å². The molecule has 20 heavy (non-hydrogen) atoms. The first kappa shape index (κ1) is 18.3. The monoisotopic (exact) mass is 330 g/mol. The molecular formula is C10H24N2O6P2. The summed E-state index contributed by atoms with van der Waals surface area (Å²) < 4.78 is 25.2. The van der Waals surface area contributed by atoms with Crippen LogP contribution in [0.4, 0.5) is 0 Å². The van der Waals surface area contributed by atoms with Gasteiger partial charge in [0.2, 0.25) is 0 Å². The molecule has 0 aromatic rings. The van der Waals surface area contributed by atoms with Crippen molar-refractivity contribution in [1.82, 2.24) is 0 Å². The van der Waals surface area contributed by atoms with E-state index in [1.807, 2.05) is 0 Å². The van der Waals surface area contributed by atoms with Crippen molar-refractivity contribution in [1.29, 1.82) is 0 Å². The van der Waals surface area contributed by atoms with Crippen LogP contribution in [0.25, 0.3) is 0 Å². The molecule has 0 bridgehead atoms. The summed E-state index contributed by atoms with van der Waals surface area (Å²) in [5, 5.41) is 40.1. The SMILES string of the molecule is NCCCP1(=O)C(O)C(O)P(=O)(CCCN)C(O)C1O. The van der Waals surface area contributed by atoms with Gasteiger partial charge in [-0.1, -0.05) is 0 Å². The average Bonchev–Trinajstić information content (AvgIpc) is 2.45. The summed E-state index contributed by atoms with van der Waals surface area (Å²) in [6, 6.07) is 0. The van der Waals surface area contributed by atoms with Gasteiger partial charge in [0.05, 0.1) is 0 Å². The maximum atomic E-state index is 12.6. The molecule has 1 heterocycles. The van der Waals surface area contributed by atoms with E-state index in [-0.39, 0.29) is 38.3 Å². The van der Waals surface area contributed by atoms with Crippen molar-refractivity contribution >= 4 is 14.3 Å². The summed E-state index contributed by atoms with van der Waals surface area (Å²) in [5.41, 5.74) is 10.6. The van der Waals surface area contributed by atoms with E-state index in [1.54, 1.807) is 0 Å². The molecular weight excluding hydrogens is 306 g/mol. The molecule has 0 radical (unpaired) electrons. The fourth-order valence-electron chi connectivity index (χ4n) is 2.42. The topological polar surface area (TPSA) is 167 Å². The Hall–Kier alpha value is 0.220. The van der Waals surface area contributed by atoms with E-state index < -0.39 is 37.7 Å². The Morgan fingerprint density at radius 3 is 1.15 bits per heavy atom. The standard InChI is InChI=1S/C10H24N2O6P2/c11-3-1-5-19(17)7(13)9(15)20(18,6-2-4-12)10(16)8(19)14/h7-10,13-16H,1-6,11-12H2. The first-order chi connectivity index (χ1) is 9.25. The van der Waals surface area contributed by atoms with Crippen LogP contribution in [-0.2, 0) is 9.13 Å². The predicted octanol–water partition coefficient (Wildman–Crippen LogP) is -1.30. The Morgan fingerprint density at radius 1 is 0.700 bits per heavy atom. The van der Waals surface area contributed by atoms with Crippen molar-refractivity contribution in [2.45, 2.75) is 36.2 Å². The van der Waals surface area contributed by atoms with Crippen LogP contribution in [0.3, 0.4) is 0 Å². The van der Waals surface area contributed by atoms with Crippen molar-refractivity contribution in [3.05, 3.63) is 0 Å². The lowest BCUT2D eigenvalue weighted by Crippen LogP contribution is -2.46. The molecule has 120 valence electrons. The second-order valence-electron chi connectivity index (χ2n) is 5.09. The third-order valence-corrected chi connectivity index (χ3v) is 11.0. The van der Waals surface area contributed by atoms with Crippen molar-refractivity contribution in [2.24, 2.45) is 11.5 Å². The molecule has 8 nitrogen and oxygen atoms in total. The zero-order valence-corrected chi connectivity index (χ0v) is 13.0. The number of hydrogen-bond donors (Lipinski definition) is 6. The van der Waals surface area contributed by atoms with Crippen molar-refractivity contribution in [3.63, 3.8) is 0 Å². The van der Waals surface area contributed by atoms with Crippen molar-refractivity contribution < 1.29 is 29.6 Å². The maximum absolute atomic E-state index is 12.6. The van der Waals surface area contributed by atoms with Crippen LogP contribution in [0.15, 0.2) is 0 Å². The summed E-state index contributed by atoms with van der Waals surface area (Å²) in [6.45, 7) is 0.390. The van der Waals surface area contributed by atoms with E-state index in [0.29, 0.717) is 0 Å². The van der Waals surface area contributed by atoms with Crippen LogP contribution in [0.1, 0.15) is 12.8 Å². The van der Waals surface area contributed by atoms with E-state index >= 15 is 0 Å². The average molecular weight is 330 g/mol. The van der Waals surface area contributed by atoms with Gasteiger partial charge < -0.3 is 41.0 Å². The molecule has 0 amide bonds. The van der Waals surface area contributed by atoms with Gasteiger partial charge >= 0.3 is 0 Å². The smallest absolute Gasteiger partial charge is 0.148 e. The van der Waals surface area contributed by atoms with Crippen LogP contribution in [0.2, 0.25) is 0 Å². The number of rotatable bonds is 6. The van der Waals surface area contributed by atoms with Crippen molar-refractivity contribution in [3.8, 4) is 0 Å². The molecule has 1 aliphatic rings. The molecule has 1 aliphatic heterocycles. The molecule has 1 rings (SSSR count). The van der Waals surface area contributed by atoms with Gasteiger partial charge in [0.15, 0.2) is 0 Å². The third kappa shape index (κ3) is 3.03. The van der Waals surface area contributed by atoms with E-state index in [4.69, 9.17) is 11.5 Å². The van der Waals surface area contributed by atoms with Gasteiger partial charge in [-0.2, -0.15) is 0 Å². The maximum Gasteiger partial charge on any atom is 0.148 e. The number of nitrogens with two attached hydrogens (primary N) is 2. The summed E-state index contributed by atoms with van der Waals surface area (Å²) in [5.74, 6) is -7.24. The zero-order valence-electron chi connectivity index (χ0n) is 11.2. The van der Waals surface area contributed by atoms with E-state index in [1.165, 1.54) is 0 Å². The lowest BCUT2D eigenvalue weighted by molar-refractivity contribution is 0.0623. The zero-order chi connectivity index (χ0) is 15.6. The molecule has 4 unspecified atom stereocenters. The van der Waals surface area contributed by atoms with E-state index in [9.17, 15) is 29.6 Å². The van der Waals surface area contributed by atoms with Crippen LogP contribution in [0, 0.1) is 0 Å². The molecule has 0 aromatic carbocycles. The summed E-state index contributed by atoms with van der Waals surface area (Å²) in [4.78, 5) is 0. The summed E-state index contributed by atoms with van der Waals surface area (Å²) in [7, 11) is -7.42. The Balaban J connectivity index is 3.08.